The van der Waals surface area contributed by atoms with E-state index in [0.29, 0.717) is 23.6 Å². The van der Waals surface area contributed by atoms with Crippen molar-refractivity contribution in [3.63, 3.8) is 0 Å². The molecule has 26 heavy (non-hydrogen) atoms. The predicted molar refractivity (Wildman–Crippen MR) is 103 cm³/mol. The van der Waals surface area contributed by atoms with Crippen molar-refractivity contribution < 1.29 is 17.9 Å². The third-order valence-corrected chi connectivity index (χ3v) is 5.14. The van der Waals surface area contributed by atoms with Crippen LogP contribution in [-0.2, 0) is 20.6 Å². The molecule has 0 aromatic heterocycles. The Labute approximate surface area is 154 Å². The second-order valence-electron chi connectivity index (χ2n) is 5.98. The third-order valence-electron chi connectivity index (χ3n) is 3.84. The standard InChI is InChI=1S/C19H24N2O4S/c1-4-25-18-8-6-5-7-17(18)21-19(22)12-20-26(23,24)13-16-10-9-14(2)15(3)11-16/h5-11,20H,4,12-13H2,1-3H3,(H,21,22). The Morgan fingerprint density at radius 2 is 1.81 bits per heavy atom. The third kappa shape index (κ3) is 5.86. The minimum Gasteiger partial charge on any atom is -0.492 e. The Balaban J connectivity index is 1.94. The van der Waals surface area contributed by atoms with Gasteiger partial charge in [0.1, 0.15) is 5.75 Å². The van der Waals surface area contributed by atoms with Gasteiger partial charge in [-0.2, -0.15) is 0 Å². The largest absolute Gasteiger partial charge is 0.492 e. The molecule has 140 valence electrons. The average molecular weight is 376 g/mol. The van der Waals surface area contributed by atoms with Gasteiger partial charge in [0.25, 0.3) is 0 Å². The molecular formula is C19H24N2O4S. The first-order valence-electron chi connectivity index (χ1n) is 8.36. The van der Waals surface area contributed by atoms with Gasteiger partial charge in [-0.15, -0.1) is 0 Å². The molecule has 0 unspecified atom stereocenters. The molecule has 0 atom stereocenters. The Morgan fingerprint density at radius 3 is 2.50 bits per heavy atom. The number of sulfonamides is 1. The van der Waals surface area contributed by atoms with Gasteiger partial charge in [0.05, 0.1) is 24.6 Å². The molecule has 1 amide bonds. The highest BCUT2D eigenvalue weighted by Gasteiger charge is 2.15. The van der Waals surface area contributed by atoms with Crippen molar-refractivity contribution in [3.8, 4) is 5.75 Å². The summed E-state index contributed by atoms with van der Waals surface area (Å²) >= 11 is 0. The maximum Gasteiger partial charge on any atom is 0.239 e. The molecule has 0 saturated heterocycles. The molecule has 0 aliphatic rings. The number of carbonyl (C=O) groups is 1. The van der Waals surface area contributed by atoms with Crippen LogP contribution in [0.2, 0.25) is 0 Å². The van der Waals surface area contributed by atoms with Crippen LogP contribution in [0.3, 0.4) is 0 Å². The second kappa shape index (κ2) is 8.82. The number of aryl methyl sites for hydroxylation is 2. The van der Waals surface area contributed by atoms with Crippen LogP contribution < -0.4 is 14.8 Å². The lowest BCUT2D eigenvalue weighted by atomic mass is 10.1. The molecule has 2 N–H and O–H groups in total. The summed E-state index contributed by atoms with van der Waals surface area (Å²) in [5, 5.41) is 2.66. The van der Waals surface area contributed by atoms with Crippen molar-refractivity contribution in [2.45, 2.75) is 26.5 Å². The molecule has 7 heteroatoms. The van der Waals surface area contributed by atoms with Gasteiger partial charge in [0.2, 0.25) is 15.9 Å². The van der Waals surface area contributed by atoms with E-state index in [1.165, 1.54) is 0 Å². The van der Waals surface area contributed by atoms with E-state index in [1.54, 1.807) is 30.3 Å². The molecule has 0 spiro atoms. The van der Waals surface area contributed by atoms with Crippen molar-refractivity contribution in [3.05, 3.63) is 59.2 Å². The summed E-state index contributed by atoms with van der Waals surface area (Å²) in [5.74, 6) is -0.0844. The number of benzene rings is 2. The number of hydrogen-bond donors (Lipinski definition) is 2. The van der Waals surface area contributed by atoms with Crippen LogP contribution >= 0.6 is 0 Å². The summed E-state index contributed by atoms with van der Waals surface area (Å²) < 4.78 is 32.2. The molecule has 6 nitrogen and oxygen atoms in total. The Kier molecular flexibility index (Phi) is 6.76. The second-order valence-corrected chi connectivity index (χ2v) is 7.78. The number of anilines is 1. The molecule has 2 aromatic rings. The first-order chi connectivity index (χ1) is 12.3. The van der Waals surface area contributed by atoms with Crippen LogP contribution in [0.15, 0.2) is 42.5 Å². The van der Waals surface area contributed by atoms with E-state index in [1.807, 2.05) is 32.9 Å². The summed E-state index contributed by atoms with van der Waals surface area (Å²) in [7, 11) is -3.61. The zero-order valence-electron chi connectivity index (χ0n) is 15.2. The Bertz CT molecular complexity index is 879. The van der Waals surface area contributed by atoms with Gasteiger partial charge in [-0.05, 0) is 49.6 Å². The highest BCUT2D eigenvalue weighted by atomic mass is 32.2. The van der Waals surface area contributed by atoms with Crippen molar-refractivity contribution in [1.29, 1.82) is 0 Å². The van der Waals surface area contributed by atoms with Gasteiger partial charge in [0, 0.05) is 0 Å². The molecule has 0 heterocycles. The SMILES string of the molecule is CCOc1ccccc1NC(=O)CNS(=O)(=O)Cc1ccc(C)c(C)c1. The Morgan fingerprint density at radius 1 is 1.08 bits per heavy atom. The molecular weight excluding hydrogens is 352 g/mol. The number of rotatable bonds is 8. The Hall–Kier alpha value is -2.38. The first-order valence-corrected chi connectivity index (χ1v) is 10.0. The highest BCUT2D eigenvalue weighted by Crippen LogP contribution is 2.23. The molecule has 0 radical (unpaired) electrons. The number of para-hydroxylation sites is 2. The topological polar surface area (TPSA) is 84.5 Å². The van der Waals surface area contributed by atoms with Gasteiger partial charge in [-0.3, -0.25) is 4.79 Å². The van der Waals surface area contributed by atoms with E-state index < -0.39 is 15.9 Å². The fourth-order valence-corrected chi connectivity index (χ4v) is 3.46. The lowest BCUT2D eigenvalue weighted by Gasteiger charge is -2.12. The predicted octanol–water partition coefficient (Wildman–Crippen LogP) is 2.76. The van der Waals surface area contributed by atoms with Gasteiger partial charge in [-0.25, -0.2) is 13.1 Å². The zero-order chi connectivity index (χ0) is 19.2. The molecule has 0 bridgehead atoms. The van der Waals surface area contributed by atoms with Crippen LogP contribution in [0.1, 0.15) is 23.6 Å². The molecule has 0 aliphatic heterocycles. The van der Waals surface area contributed by atoms with Crippen molar-refractivity contribution in [2.24, 2.45) is 0 Å². The smallest absolute Gasteiger partial charge is 0.239 e. The number of amides is 1. The van der Waals surface area contributed by atoms with Crippen LogP contribution in [0.4, 0.5) is 5.69 Å². The van der Waals surface area contributed by atoms with Gasteiger partial charge < -0.3 is 10.1 Å². The lowest BCUT2D eigenvalue weighted by molar-refractivity contribution is -0.115. The maximum absolute atomic E-state index is 12.2. The van der Waals surface area contributed by atoms with Gasteiger partial charge in [0.15, 0.2) is 0 Å². The van der Waals surface area contributed by atoms with E-state index >= 15 is 0 Å². The van der Waals surface area contributed by atoms with Crippen molar-refractivity contribution in [1.82, 2.24) is 4.72 Å². The first kappa shape index (κ1) is 19.9. The zero-order valence-corrected chi connectivity index (χ0v) is 16.0. The van der Waals surface area contributed by atoms with E-state index in [0.717, 1.165) is 11.1 Å². The summed E-state index contributed by atoms with van der Waals surface area (Å²) in [6.45, 7) is 5.88. The minimum absolute atomic E-state index is 0.170. The van der Waals surface area contributed by atoms with Crippen LogP contribution in [0.25, 0.3) is 0 Å². The van der Waals surface area contributed by atoms with Crippen LogP contribution in [0.5, 0.6) is 5.75 Å². The molecule has 0 saturated carbocycles. The summed E-state index contributed by atoms with van der Waals surface area (Å²) in [6.07, 6.45) is 0. The van der Waals surface area contributed by atoms with Gasteiger partial charge >= 0.3 is 0 Å². The van der Waals surface area contributed by atoms with Crippen molar-refractivity contribution in [2.75, 3.05) is 18.5 Å². The van der Waals surface area contributed by atoms with Crippen LogP contribution in [-0.4, -0.2) is 27.5 Å². The number of nitrogens with one attached hydrogen (secondary N) is 2. The molecule has 2 aromatic carbocycles. The number of hydrogen-bond acceptors (Lipinski definition) is 4. The molecule has 2 rings (SSSR count). The fraction of sp³-hybridized carbons (Fsp3) is 0.316. The van der Waals surface area contributed by atoms with Crippen LogP contribution in [0, 0.1) is 13.8 Å². The van der Waals surface area contributed by atoms with E-state index in [4.69, 9.17) is 4.74 Å². The summed E-state index contributed by atoms with van der Waals surface area (Å²) in [6, 6.07) is 12.5. The minimum atomic E-state index is -3.61. The average Bonchev–Trinajstić information content (AvgIpc) is 2.58. The normalized spacial score (nSPS) is 11.2. The van der Waals surface area contributed by atoms with E-state index in [9.17, 15) is 13.2 Å². The molecule has 0 aliphatic carbocycles. The quantitative estimate of drug-likeness (QED) is 0.742. The van der Waals surface area contributed by atoms with Crippen molar-refractivity contribution >= 4 is 21.6 Å². The van der Waals surface area contributed by atoms with E-state index in [2.05, 4.69) is 10.0 Å². The highest BCUT2D eigenvalue weighted by molar-refractivity contribution is 7.88. The number of carbonyl (C=O) groups excluding carboxylic acids is 1. The monoisotopic (exact) mass is 376 g/mol. The fourth-order valence-electron chi connectivity index (χ4n) is 2.38. The number of ether oxygens (including phenoxy) is 1. The molecule has 0 fully saturated rings. The van der Waals surface area contributed by atoms with Gasteiger partial charge in [-0.1, -0.05) is 30.3 Å². The maximum atomic E-state index is 12.2. The summed E-state index contributed by atoms with van der Waals surface area (Å²) in [4.78, 5) is 12.1. The summed E-state index contributed by atoms with van der Waals surface area (Å²) in [5.41, 5.74) is 3.32. The lowest BCUT2D eigenvalue weighted by Crippen LogP contribution is -2.33. The van der Waals surface area contributed by atoms with E-state index in [-0.39, 0.29) is 12.3 Å².